The summed E-state index contributed by atoms with van der Waals surface area (Å²) in [5.74, 6) is 1.75. The van der Waals surface area contributed by atoms with E-state index < -0.39 is 0 Å². The highest BCUT2D eigenvalue weighted by Crippen LogP contribution is 2.17. The van der Waals surface area contributed by atoms with Gasteiger partial charge in [-0.25, -0.2) is 4.98 Å². The lowest BCUT2D eigenvalue weighted by Crippen LogP contribution is -2.01. The van der Waals surface area contributed by atoms with Gasteiger partial charge >= 0.3 is 0 Å². The summed E-state index contributed by atoms with van der Waals surface area (Å²) in [5, 5.41) is 6.50. The van der Waals surface area contributed by atoms with Crippen LogP contribution in [0.3, 0.4) is 0 Å². The Balaban J connectivity index is 2.09. The minimum atomic E-state index is 0.859. The van der Waals surface area contributed by atoms with Crippen LogP contribution in [0.4, 0.5) is 17.3 Å². The molecule has 0 unspecified atom stereocenters. The number of rotatable bonds is 5. The normalized spacial score (nSPS) is 10.1. The number of pyridine rings is 1. The second-order valence-electron chi connectivity index (χ2n) is 4.11. The summed E-state index contributed by atoms with van der Waals surface area (Å²) in [6.45, 7) is 5.09. The number of hydrogen-bond donors (Lipinski definition) is 2. The summed E-state index contributed by atoms with van der Waals surface area (Å²) in [4.78, 5) is 4.48. The van der Waals surface area contributed by atoms with E-state index >= 15 is 0 Å². The smallest absolute Gasteiger partial charge is 0.132 e. The molecule has 1 aromatic heterocycles. The van der Waals surface area contributed by atoms with Gasteiger partial charge in [0.1, 0.15) is 11.6 Å². The second kappa shape index (κ2) is 6.05. The molecule has 2 N–H and O–H groups in total. The van der Waals surface area contributed by atoms with Crippen molar-refractivity contribution in [2.45, 2.75) is 20.3 Å². The Kier molecular flexibility index (Phi) is 4.18. The summed E-state index contributed by atoms with van der Waals surface area (Å²) in [6, 6.07) is 14.4. The average Bonchev–Trinajstić information content (AvgIpc) is 2.40. The first-order valence-electron chi connectivity index (χ1n) is 6.38. The van der Waals surface area contributed by atoms with Crippen LogP contribution in [-0.4, -0.2) is 11.5 Å². The number of nitrogens with zero attached hydrogens (tertiary/aromatic N) is 1. The monoisotopic (exact) mass is 241 g/mol. The van der Waals surface area contributed by atoms with E-state index in [0.717, 1.165) is 30.3 Å². The maximum Gasteiger partial charge on any atom is 0.132 e. The molecule has 0 amide bonds. The van der Waals surface area contributed by atoms with Crippen LogP contribution in [0.25, 0.3) is 0 Å². The molecule has 0 bridgehead atoms. The van der Waals surface area contributed by atoms with Gasteiger partial charge in [0.25, 0.3) is 0 Å². The van der Waals surface area contributed by atoms with Crippen LogP contribution in [0.15, 0.2) is 42.5 Å². The molecule has 0 saturated carbocycles. The molecule has 94 valence electrons. The fraction of sp³-hybridized carbons (Fsp3) is 0.267. The third kappa shape index (κ3) is 3.23. The third-order valence-corrected chi connectivity index (χ3v) is 2.74. The van der Waals surface area contributed by atoms with Gasteiger partial charge in [-0.3, -0.25) is 0 Å². The Bertz CT molecular complexity index is 491. The van der Waals surface area contributed by atoms with Gasteiger partial charge in [0.15, 0.2) is 0 Å². The fourth-order valence-electron chi connectivity index (χ4n) is 1.76. The Hall–Kier alpha value is -2.03. The van der Waals surface area contributed by atoms with E-state index in [1.807, 2.05) is 18.2 Å². The van der Waals surface area contributed by atoms with Crippen LogP contribution in [0.1, 0.15) is 19.4 Å². The average molecular weight is 241 g/mol. The maximum absolute atomic E-state index is 4.48. The summed E-state index contributed by atoms with van der Waals surface area (Å²) in [5.41, 5.74) is 2.41. The molecule has 0 fully saturated rings. The van der Waals surface area contributed by atoms with Crippen LogP contribution in [0.2, 0.25) is 0 Å². The van der Waals surface area contributed by atoms with Gasteiger partial charge in [-0.1, -0.05) is 25.1 Å². The molecule has 0 aliphatic carbocycles. The zero-order valence-electron chi connectivity index (χ0n) is 10.9. The fourth-order valence-corrected chi connectivity index (χ4v) is 1.76. The predicted molar refractivity (Wildman–Crippen MR) is 77.5 cm³/mol. The minimum absolute atomic E-state index is 0.859. The highest BCUT2D eigenvalue weighted by atomic mass is 15.1. The lowest BCUT2D eigenvalue weighted by molar-refractivity contribution is 1.14. The summed E-state index contributed by atoms with van der Waals surface area (Å²) < 4.78 is 0. The van der Waals surface area contributed by atoms with Crippen molar-refractivity contribution in [2.75, 3.05) is 17.2 Å². The van der Waals surface area contributed by atoms with Crippen molar-refractivity contribution in [1.82, 2.24) is 4.98 Å². The van der Waals surface area contributed by atoms with Crippen molar-refractivity contribution >= 4 is 17.3 Å². The molecule has 0 spiro atoms. The van der Waals surface area contributed by atoms with E-state index in [9.17, 15) is 0 Å². The molecule has 3 heteroatoms. The van der Waals surface area contributed by atoms with Crippen LogP contribution >= 0.6 is 0 Å². The first-order valence-corrected chi connectivity index (χ1v) is 6.38. The third-order valence-electron chi connectivity index (χ3n) is 2.74. The maximum atomic E-state index is 4.48. The van der Waals surface area contributed by atoms with E-state index in [-0.39, 0.29) is 0 Å². The number of aryl methyl sites for hydroxylation is 1. The number of hydrogen-bond acceptors (Lipinski definition) is 3. The number of benzene rings is 1. The van der Waals surface area contributed by atoms with Gasteiger partial charge in [-0.2, -0.15) is 0 Å². The SMILES string of the molecule is CCNc1cccc(Nc2ccc(CC)cc2)n1. The molecule has 2 aromatic rings. The summed E-state index contributed by atoms with van der Waals surface area (Å²) in [7, 11) is 0. The van der Waals surface area contributed by atoms with Crippen molar-refractivity contribution in [2.24, 2.45) is 0 Å². The zero-order chi connectivity index (χ0) is 12.8. The lowest BCUT2D eigenvalue weighted by atomic mass is 10.1. The zero-order valence-corrected chi connectivity index (χ0v) is 10.9. The molecular weight excluding hydrogens is 222 g/mol. The van der Waals surface area contributed by atoms with Crippen LogP contribution in [-0.2, 0) is 6.42 Å². The molecule has 1 aromatic carbocycles. The topological polar surface area (TPSA) is 37.0 Å². The number of anilines is 3. The van der Waals surface area contributed by atoms with Gasteiger partial charge in [0.2, 0.25) is 0 Å². The van der Waals surface area contributed by atoms with E-state index in [1.165, 1.54) is 5.56 Å². The Labute approximate surface area is 108 Å². The highest BCUT2D eigenvalue weighted by molar-refractivity contribution is 5.58. The van der Waals surface area contributed by atoms with E-state index in [4.69, 9.17) is 0 Å². The van der Waals surface area contributed by atoms with Gasteiger partial charge in [0, 0.05) is 12.2 Å². The Morgan fingerprint density at radius 1 is 0.944 bits per heavy atom. The van der Waals surface area contributed by atoms with Crippen LogP contribution in [0.5, 0.6) is 0 Å². The molecule has 0 saturated heterocycles. The van der Waals surface area contributed by atoms with Gasteiger partial charge in [-0.05, 0) is 43.2 Å². The predicted octanol–water partition coefficient (Wildman–Crippen LogP) is 3.82. The molecule has 2 rings (SSSR count). The number of nitrogens with one attached hydrogen (secondary N) is 2. The molecule has 0 atom stereocenters. The molecule has 0 radical (unpaired) electrons. The van der Waals surface area contributed by atoms with E-state index in [0.29, 0.717) is 0 Å². The molecule has 0 aliphatic rings. The first kappa shape index (κ1) is 12.4. The van der Waals surface area contributed by atoms with E-state index in [2.05, 4.69) is 53.7 Å². The molecule has 1 heterocycles. The van der Waals surface area contributed by atoms with Gasteiger partial charge in [-0.15, -0.1) is 0 Å². The summed E-state index contributed by atoms with van der Waals surface area (Å²) in [6.07, 6.45) is 1.06. The number of aromatic nitrogens is 1. The quantitative estimate of drug-likeness (QED) is 0.835. The first-order chi connectivity index (χ1) is 8.81. The standard InChI is InChI=1S/C15H19N3/c1-3-12-8-10-13(11-9-12)17-15-7-5-6-14(18-15)16-4-2/h5-11H,3-4H2,1-2H3,(H2,16,17,18). The highest BCUT2D eigenvalue weighted by Gasteiger charge is 1.98. The van der Waals surface area contributed by atoms with Crippen LogP contribution < -0.4 is 10.6 Å². The lowest BCUT2D eigenvalue weighted by Gasteiger charge is -2.08. The Morgan fingerprint density at radius 2 is 1.67 bits per heavy atom. The summed E-state index contributed by atoms with van der Waals surface area (Å²) >= 11 is 0. The van der Waals surface area contributed by atoms with Crippen molar-refractivity contribution in [3.05, 3.63) is 48.0 Å². The van der Waals surface area contributed by atoms with Crippen molar-refractivity contribution < 1.29 is 0 Å². The molecule has 3 nitrogen and oxygen atoms in total. The van der Waals surface area contributed by atoms with Crippen molar-refractivity contribution in [3.8, 4) is 0 Å². The van der Waals surface area contributed by atoms with Gasteiger partial charge < -0.3 is 10.6 Å². The largest absolute Gasteiger partial charge is 0.370 e. The van der Waals surface area contributed by atoms with Crippen molar-refractivity contribution in [1.29, 1.82) is 0 Å². The van der Waals surface area contributed by atoms with Gasteiger partial charge in [0.05, 0.1) is 0 Å². The van der Waals surface area contributed by atoms with Crippen LogP contribution in [0, 0.1) is 0 Å². The van der Waals surface area contributed by atoms with Crippen molar-refractivity contribution in [3.63, 3.8) is 0 Å². The molecule has 0 aliphatic heterocycles. The molecular formula is C15H19N3. The molecule has 18 heavy (non-hydrogen) atoms. The Morgan fingerprint density at radius 3 is 2.33 bits per heavy atom. The minimum Gasteiger partial charge on any atom is -0.370 e. The second-order valence-corrected chi connectivity index (χ2v) is 4.11. The van der Waals surface area contributed by atoms with E-state index in [1.54, 1.807) is 0 Å².